The lowest BCUT2D eigenvalue weighted by molar-refractivity contribution is -0.0275. The monoisotopic (exact) mass is 410 g/mol. The Kier molecular flexibility index (Phi) is 5.04. The van der Waals surface area contributed by atoms with Crippen molar-refractivity contribution in [1.82, 2.24) is 9.55 Å². The van der Waals surface area contributed by atoms with Crippen LogP contribution in [0, 0.1) is 6.92 Å². The van der Waals surface area contributed by atoms with Gasteiger partial charge in [-0.3, -0.25) is 9.36 Å². The summed E-state index contributed by atoms with van der Waals surface area (Å²) in [4.78, 5) is 18.8. The fourth-order valence-electron chi connectivity index (χ4n) is 3.03. The predicted molar refractivity (Wildman–Crippen MR) is 109 cm³/mol. The molecule has 1 aromatic heterocycles. The van der Waals surface area contributed by atoms with Crippen molar-refractivity contribution in [2.75, 3.05) is 18.0 Å². The van der Waals surface area contributed by atoms with Crippen LogP contribution in [0.3, 0.4) is 0 Å². The number of benzene rings is 1. The Balaban J connectivity index is 2.19. The van der Waals surface area contributed by atoms with Crippen LogP contribution in [0.25, 0.3) is 10.9 Å². The average Bonchev–Trinajstić information content (AvgIpc) is 2.54. The number of fused-ring (bicyclic) bond motifs is 1. The number of rotatable bonds is 3. The minimum Gasteiger partial charge on any atom is -0.591 e. The summed E-state index contributed by atoms with van der Waals surface area (Å²) in [6.45, 7) is 8.09. The summed E-state index contributed by atoms with van der Waals surface area (Å²) in [6.07, 6.45) is 0. The molecule has 6 nitrogen and oxygen atoms in total. The molecule has 9 heteroatoms. The normalized spacial score (nSPS) is 18.3. The molecule has 0 N–H and O–H groups in total. The van der Waals surface area contributed by atoms with Gasteiger partial charge in [-0.1, -0.05) is 4.40 Å². The maximum atomic E-state index is 13.3. The Morgan fingerprint density at radius 1 is 1.32 bits per heavy atom. The van der Waals surface area contributed by atoms with E-state index in [0.29, 0.717) is 22.2 Å². The van der Waals surface area contributed by atoms with E-state index in [1.54, 1.807) is 13.0 Å². The van der Waals surface area contributed by atoms with Crippen molar-refractivity contribution in [3.63, 3.8) is 0 Å². The first-order chi connectivity index (χ1) is 12.8. The Bertz CT molecular complexity index is 1020. The molecule has 2 aromatic rings. The molecule has 0 saturated carbocycles. The largest absolute Gasteiger partial charge is 0.591 e. The second-order valence-electron chi connectivity index (χ2n) is 8.23. The highest BCUT2D eigenvalue weighted by molar-refractivity contribution is 7.91. The highest BCUT2D eigenvalue weighted by Crippen LogP contribution is 2.31. The van der Waals surface area contributed by atoms with Crippen LogP contribution >= 0.6 is 0 Å². The molecule has 0 radical (unpaired) electrons. The van der Waals surface area contributed by atoms with Crippen molar-refractivity contribution in [2.45, 2.75) is 45.3 Å². The van der Waals surface area contributed by atoms with E-state index in [9.17, 15) is 18.1 Å². The molecule has 2 heterocycles. The van der Waals surface area contributed by atoms with Crippen LogP contribution in [0.2, 0.25) is 0 Å². The van der Waals surface area contributed by atoms with Gasteiger partial charge in [0.25, 0.3) is 11.5 Å². The van der Waals surface area contributed by atoms with Gasteiger partial charge >= 0.3 is 0 Å². The van der Waals surface area contributed by atoms with E-state index < -0.39 is 35.1 Å². The second kappa shape index (κ2) is 6.81. The first kappa shape index (κ1) is 20.7. The smallest absolute Gasteiger partial charge is 0.282 e. The molecule has 1 aromatic carbocycles. The standard InChI is InChI=1S/C19H24F2N4O2S/c1-11-7-13(12(2)23-28(27)18(3,4)5)15-14(8-11)16(26)24(6)17(22-15)25-9-19(20,21)10-25/h7-8H,9-10H2,1-6H3/t28-/m1/s1. The Labute approximate surface area is 165 Å². The Morgan fingerprint density at radius 2 is 1.93 bits per heavy atom. The van der Waals surface area contributed by atoms with Crippen molar-refractivity contribution >= 4 is 33.9 Å². The van der Waals surface area contributed by atoms with Crippen molar-refractivity contribution < 1.29 is 13.3 Å². The quantitative estimate of drug-likeness (QED) is 0.576. The van der Waals surface area contributed by atoms with Crippen LogP contribution < -0.4 is 10.5 Å². The predicted octanol–water partition coefficient (Wildman–Crippen LogP) is 2.97. The summed E-state index contributed by atoms with van der Waals surface area (Å²) in [5, 5.41) is 0.379. The molecule has 1 aliphatic heterocycles. The van der Waals surface area contributed by atoms with Gasteiger partial charge in [0, 0.05) is 12.6 Å². The zero-order chi connectivity index (χ0) is 21.0. The number of aryl methyl sites for hydroxylation is 1. The fourth-order valence-corrected chi connectivity index (χ4v) is 3.65. The first-order valence-corrected chi connectivity index (χ1v) is 10.0. The summed E-state index contributed by atoms with van der Waals surface area (Å²) < 4.78 is 44.2. The summed E-state index contributed by atoms with van der Waals surface area (Å²) in [6, 6.07) is 3.54. The van der Waals surface area contributed by atoms with E-state index in [4.69, 9.17) is 0 Å². The summed E-state index contributed by atoms with van der Waals surface area (Å²) in [7, 11) is 1.53. The van der Waals surface area contributed by atoms with E-state index in [-0.39, 0.29) is 11.5 Å². The van der Waals surface area contributed by atoms with Gasteiger partial charge in [0.05, 0.1) is 29.7 Å². The number of hydrogen-bond acceptors (Lipinski definition) is 5. The highest BCUT2D eigenvalue weighted by Gasteiger charge is 2.45. The van der Waals surface area contributed by atoms with Gasteiger partial charge in [0.15, 0.2) is 0 Å². The molecular formula is C19H24F2N4O2S. The van der Waals surface area contributed by atoms with E-state index in [0.717, 1.165) is 5.56 Å². The number of hydrogen-bond donors (Lipinski definition) is 0. The molecule has 0 amide bonds. The average molecular weight is 410 g/mol. The van der Waals surface area contributed by atoms with Gasteiger partial charge in [-0.25, -0.2) is 13.8 Å². The number of nitrogens with zero attached hydrogens (tertiary/aromatic N) is 4. The van der Waals surface area contributed by atoms with Gasteiger partial charge in [0.2, 0.25) is 5.95 Å². The topological polar surface area (TPSA) is 73.6 Å². The van der Waals surface area contributed by atoms with E-state index >= 15 is 0 Å². The van der Waals surface area contributed by atoms with Crippen molar-refractivity contribution in [2.24, 2.45) is 11.4 Å². The van der Waals surface area contributed by atoms with E-state index in [1.807, 2.05) is 33.8 Å². The highest BCUT2D eigenvalue weighted by atomic mass is 32.2. The van der Waals surface area contributed by atoms with Crippen LogP contribution in [0.5, 0.6) is 0 Å². The molecule has 1 atom stereocenters. The van der Waals surface area contributed by atoms with E-state index in [2.05, 4.69) is 9.38 Å². The SMILES string of the molecule is CC(=N[S@+]([O-])C(C)(C)C)c1cc(C)cc2c(=O)n(C)c(N3CC(F)(F)C3)nc12. The molecule has 0 bridgehead atoms. The molecular weight excluding hydrogens is 386 g/mol. The molecule has 0 spiro atoms. The zero-order valence-corrected chi connectivity index (χ0v) is 17.7. The third-order valence-corrected chi connectivity index (χ3v) is 6.05. The summed E-state index contributed by atoms with van der Waals surface area (Å²) in [5.74, 6) is -2.58. The molecule has 1 fully saturated rings. The molecule has 1 saturated heterocycles. The van der Waals surface area contributed by atoms with Gasteiger partial charge in [-0.05, 0) is 52.3 Å². The number of halogens is 2. The third kappa shape index (κ3) is 3.77. The van der Waals surface area contributed by atoms with Crippen LogP contribution in [-0.4, -0.2) is 43.6 Å². The maximum absolute atomic E-state index is 13.3. The van der Waals surface area contributed by atoms with Crippen LogP contribution in [0.4, 0.5) is 14.7 Å². The second-order valence-corrected chi connectivity index (χ2v) is 10.1. The fraction of sp³-hybridized carbons (Fsp3) is 0.526. The molecule has 0 aliphatic carbocycles. The molecule has 152 valence electrons. The molecule has 28 heavy (non-hydrogen) atoms. The third-order valence-electron chi connectivity index (χ3n) is 4.56. The number of alkyl halides is 2. The van der Waals surface area contributed by atoms with Crippen molar-refractivity contribution in [3.8, 4) is 0 Å². The van der Waals surface area contributed by atoms with Gasteiger partial charge in [-0.2, -0.15) is 0 Å². The van der Waals surface area contributed by atoms with Gasteiger partial charge in [-0.15, -0.1) is 0 Å². The first-order valence-electron chi connectivity index (χ1n) is 8.92. The van der Waals surface area contributed by atoms with Crippen molar-refractivity contribution in [1.29, 1.82) is 0 Å². The van der Waals surface area contributed by atoms with E-state index in [1.165, 1.54) is 16.5 Å². The van der Waals surface area contributed by atoms with Crippen molar-refractivity contribution in [3.05, 3.63) is 33.6 Å². The lowest BCUT2D eigenvalue weighted by atomic mass is 10.0. The lowest BCUT2D eigenvalue weighted by Crippen LogP contribution is -2.57. The number of anilines is 1. The van der Waals surface area contributed by atoms with Gasteiger partial charge in [0.1, 0.15) is 16.1 Å². The Hall–Kier alpha value is -2.00. The lowest BCUT2D eigenvalue weighted by Gasteiger charge is -2.39. The Morgan fingerprint density at radius 3 is 2.46 bits per heavy atom. The minimum absolute atomic E-state index is 0.193. The maximum Gasteiger partial charge on any atom is 0.282 e. The molecule has 0 unspecified atom stereocenters. The van der Waals surface area contributed by atoms with Crippen LogP contribution in [0.15, 0.2) is 21.3 Å². The number of aromatic nitrogens is 2. The molecule has 3 rings (SSSR count). The van der Waals surface area contributed by atoms with Crippen LogP contribution in [-0.2, 0) is 18.4 Å². The summed E-state index contributed by atoms with van der Waals surface area (Å²) >= 11 is -1.47. The van der Waals surface area contributed by atoms with Gasteiger partial charge < -0.3 is 9.45 Å². The van der Waals surface area contributed by atoms with Crippen LogP contribution in [0.1, 0.15) is 38.8 Å². The molecule has 1 aliphatic rings. The zero-order valence-electron chi connectivity index (χ0n) is 16.8. The summed E-state index contributed by atoms with van der Waals surface area (Å²) in [5.41, 5.74) is 1.97. The minimum atomic E-state index is -2.77.